The Morgan fingerprint density at radius 2 is 2.10 bits per heavy atom. The maximum atomic E-state index is 13.0. The van der Waals surface area contributed by atoms with Gasteiger partial charge in [-0.3, -0.25) is 4.79 Å². The highest BCUT2D eigenvalue weighted by Gasteiger charge is 2.27. The zero-order chi connectivity index (χ0) is 15.3. The van der Waals surface area contributed by atoms with Crippen molar-refractivity contribution in [3.05, 3.63) is 29.8 Å². The average molecular weight is 298 g/mol. The number of carbonyl (C=O) groups is 1. The normalized spacial score (nSPS) is 16.0. The van der Waals surface area contributed by atoms with Crippen LogP contribution >= 0.6 is 0 Å². The minimum absolute atomic E-state index is 0.185. The van der Waals surface area contributed by atoms with E-state index in [0.717, 1.165) is 25.7 Å². The van der Waals surface area contributed by atoms with E-state index in [0.29, 0.717) is 11.3 Å². The molecule has 0 radical (unpaired) electrons. The lowest BCUT2D eigenvalue weighted by atomic mass is 10.2. The molecule has 1 aromatic carbocycles. The van der Waals surface area contributed by atoms with Crippen molar-refractivity contribution in [1.82, 2.24) is 5.32 Å². The highest BCUT2D eigenvalue weighted by Crippen LogP contribution is 2.24. The van der Waals surface area contributed by atoms with Gasteiger partial charge in [0.25, 0.3) is 11.8 Å². The molecule has 3 N–H and O–H groups in total. The van der Waals surface area contributed by atoms with Crippen molar-refractivity contribution in [2.75, 3.05) is 13.1 Å². The van der Waals surface area contributed by atoms with Gasteiger partial charge in [-0.2, -0.15) is 0 Å². The summed E-state index contributed by atoms with van der Waals surface area (Å²) >= 11 is 0. The molecule has 1 amide bonds. The summed E-state index contributed by atoms with van der Waals surface area (Å²) in [4.78, 5) is 11.9. The molecule has 0 unspecified atom stereocenters. The molecule has 2 rings (SSSR count). The highest BCUT2D eigenvalue weighted by atomic mass is 19.3. The summed E-state index contributed by atoms with van der Waals surface area (Å²) in [6.45, 7) is -1.56. The summed E-state index contributed by atoms with van der Waals surface area (Å²) in [6, 6.07) is 6.59. The Morgan fingerprint density at radius 1 is 1.38 bits per heavy atom. The lowest BCUT2D eigenvalue weighted by molar-refractivity contribution is 0.0118. The van der Waals surface area contributed by atoms with E-state index < -0.39 is 24.9 Å². The molecule has 0 bridgehead atoms. The third-order valence-corrected chi connectivity index (χ3v) is 3.51. The van der Waals surface area contributed by atoms with Crippen LogP contribution in [0.5, 0.6) is 5.75 Å². The number of halogens is 2. The number of hydrogen-bond donors (Lipinski definition) is 2. The summed E-state index contributed by atoms with van der Waals surface area (Å²) in [7, 11) is 0. The second-order valence-electron chi connectivity index (χ2n) is 5.29. The lowest BCUT2D eigenvalue weighted by Gasteiger charge is -2.16. The van der Waals surface area contributed by atoms with E-state index in [1.807, 2.05) is 0 Å². The fourth-order valence-electron chi connectivity index (χ4n) is 2.29. The van der Waals surface area contributed by atoms with E-state index in [2.05, 4.69) is 5.32 Å². The van der Waals surface area contributed by atoms with Gasteiger partial charge in [0.15, 0.2) is 0 Å². The fourth-order valence-corrected chi connectivity index (χ4v) is 2.29. The van der Waals surface area contributed by atoms with E-state index in [4.69, 9.17) is 10.5 Å². The number of hydrogen-bond acceptors (Lipinski definition) is 3. The first-order valence-electron chi connectivity index (χ1n) is 7.13. The molecule has 1 fully saturated rings. The second-order valence-corrected chi connectivity index (χ2v) is 5.29. The van der Waals surface area contributed by atoms with Crippen LogP contribution in [0.15, 0.2) is 24.3 Å². The molecule has 1 saturated carbocycles. The molecule has 21 heavy (non-hydrogen) atoms. The summed E-state index contributed by atoms with van der Waals surface area (Å²) in [5.41, 5.74) is 5.23. The number of carbonyl (C=O) groups excluding carboxylic acids is 1. The predicted molar refractivity (Wildman–Crippen MR) is 75.7 cm³/mol. The van der Waals surface area contributed by atoms with Crippen molar-refractivity contribution in [2.45, 2.75) is 37.7 Å². The molecule has 1 aliphatic carbocycles. The average Bonchev–Trinajstić information content (AvgIpc) is 2.98. The number of alkyl halides is 2. The number of nitrogens with two attached hydrogens (primary N) is 1. The van der Waals surface area contributed by atoms with E-state index >= 15 is 0 Å². The molecule has 1 aromatic rings. The monoisotopic (exact) mass is 298 g/mol. The van der Waals surface area contributed by atoms with Crippen LogP contribution < -0.4 is 15.8 Å². The van der Waals surface area contributed by atoms with Gasteiger partial charge < -0.3 is 15.8 Å². The Morgan fingerprint density at radius 3 is 2.76 bits per heavy atom. The Labute approximate surface area is 122 Å². The maximum absolute atomic E-state index is 13.0. The van der Waals surface area contributed by atoms with Crippen LogP contribution in [0.4, 0.5) is 8.78 Å². The first-order chi connectivity index (χ1) is 10.00. The molecular weight excluding hydrogens is 278 g/mol. The summed E-state index contributed by atoms with van der Waals surface area (Å²) < 4.78 is 31.8. The van der Waals surface area contributed by atoms with Crippen LogP contribution in [0.3, 0.4) is 0 Å². The van der Waals surface area contributed by atoms with Gasteiger partial charge in [0, 0.05) is 5.56 Å². The SMILES string of the molecule is NCC(F)(F)CNC(=O)c1cccc(OC2CCCC2)c1. The minimum atomic E-state index is -3.09. The smallest absolute Gasteiger partial charge is 0.277 e. The third kappa shape index (κ3) is 4.67. The summed E-state index contributed by atoms with van der Waals surface area (Å²) in [6.07, 6.45) is 4.51. The van der Waals surface area contributed by atoms with Crippen molar-refractivity contribution >= 4 is 5.91 Å². The summed E-state index contributed by atoms with van der Waals surface area (Å²) in [5.74, 6) is -3.05. The van der Waals surface area contributed by atoms with Crippen LogP contribution in [0.1, 0.15) is 36.0 Å². The van der Waals surface area contributed by atoms with E-state index in [1.54, 1.807) is 24.3 Å². The van der Waals surface area contributed by atoms with Crippen molar-refractivity contribution in [2.24, 2.45) is 5.73 Å². The molecule has 0 atom stereocenters. The fraction of sp³-hybridized carbons (Fsp3) is 0.533. The number of benzene rings is 1. The lowest BCUT2D eigenvalue weighted by Crippen LogP contribution is -2.41. The quantitative estimate of drug-likeness (QED) is 0.847. The molecule has 0 saturated heterocycles. The topological polar surface area (TPSA) is 64.3 Å². The predicted octanol–water partition coefficient (Wildman–Crippen LogP) is 2.33. The van der Waals surface area contributed by atoms with Gasteiger partial charge in [-0.05, 0) is 43.9 Å². The molecule has 4 nitrogen and oxygen atoms in total. The minimum Gasteiger partial charge on any atom is -0.490 e. The standard InChI is InChI=1S/C15H20F2N2O2/c16-15(17,9-18)10-19-14(20)11-4-3-7-13(8-11)21-12-5-1-2-6-12/h3-4,7-8,12H,1-2,5-6,9-10,18H2,(H,19,20). The highest BCUT2D eigenvalue weighted by molar-refractivity contribution is 5.94. The van der Waals surface area contributed by atoms with Gasteiger partial charge in [0.2, 0.25) is 0 Å². The Balaban J connectivity index is 1.94. The molecular formula is C15H20F2N2O2. The number of amides is 1. The van der Waals surface area contributed by atoms with Crippen molar-refractivity contribution in [1.29, 1.82) is 0 Å². The van der Waals surface area contributed by atoms with Crippen LogP contribution in [-0.2, 0) is 0 Å². The zero-order valence-electron chi connectivity index (χ0n) is 11.8. The molecule has 0 aliphatic heterocycles. The van der Waals surface area contributed by atoms with Gasteiger partial charge >= 0.3 is 0 Å². The first-order valence-corrected chi connectivity index (χ1v) is 7.13. The Kier molecular flexibility index (Phi) is 5.12. The van der Waals surface area contributed by atoms with E-state index in [-0.39, 0.29) is 6.10 Å². The Hall–Kier alpha value is -1.69. The van der Waals surface area contributed by atoms with Gasteiger partial charge in [0.1, 0.15) is 5.75 Å². The van der Waals surface area contributed by atoms with Crippen molar-refractivity contribution in [3.63, 3.8) is 0 Å². The van der Waals surface area contributed by atoms with E-state index in [1.165, 1.54) is 0 Å². The zero-order valence-corrected chi connectivity index (χ0v) is 11.8. The maximum Gasteiger partial charge on any atom is 0.277 e. The number of rotatable bonds is 6. The molecule has 1 aliphatic rings. The van der Waals surface area contributed by atoms with Gasteiger partial charge in [-0.15, -0.1) is 0 Å². The summed E-state index contributed by atoms with van der Waals surface area (Å²) in [5, 5.41) is 2.19. The molecule has 0 heterocycles. The van der Waals surface area contributed by atoms with Crippen molar-refractivity contribution < 1.29 is 18.3 Å². The second kappa shape index (κ2) is 6.85. The Bertz CT molecular complexity index is 488. The van der Waals surface area contributed by atoms with Crippen molar-refractivity contribution in [3.8, 4) is 5.75 Å². The molecule has 6 heteroatoms. The number of ether oxygens (including phenoxy) is 1. The van der Waals surface area contributed by atoms with Crippen LogP contribution in [-0.4, -0.2) is 31.0 Å². The van der Waals surface area contributed by atoms with Gasteiger partial charge in [-0.1, -0.05) is 6.07 Å². The van der Waals surface area contributed by atoms with E-state index in [9.17, 15) is 13.6 Å². The van der Waals surface area contributed by atoms with Crippen LogP contribution in [0, 0.1) is 0 Å². The van der Waals surface area contributed by atoms with Crippen LogP contribution in [0.2, 0.25) is 0 Å². The molecule has 0 spiro atoms. The van der Waals surface area contributed by atoms with Crippen LogP contribution in [0.25, 0.3) is 0 Å². The largest absolute Gasteiger partial charge is 0.490 e. The number of nitrogens with one attached hydrogen (secondary N) is 1. The first kappa shape index (κ1) is 15.7. The van der Waals surface area contributed by atoms with Gasteiger partial charge in [0.05, 0.1) is 19.2 Å². The van der Waals surface area contributed by atoms with Gasteiger partial charge in [-0.25, -0.2) is 8.78 Å². The third-order valence-electron chi connectivity index (χ3n) is 3.51. The molecule has 116 valence electrons. The molecule has 0 aromatic heterocycles.